The van der Waals surface area contributed by atoms with Gasteiger partial charge in [0, 0.05) is 5.41 Å². The van der Waals surface area contributed by atoms with Crippen LogP contribution in [0.2, 0.25) is 0 Å². The average Bonchev–Trinajstić information content (AvgIpc) is 1.99. The molecular weight excluding hydrogens is 132 g/mol. The van der Waals surface area contributed by atoms with Crippen LogP contribution in [0.1, 0.15) is 52.9 Å². The van der Waals surface area contributed by atoms with E-state index in [1.165, 1.54) is 32.1 Å². The summed E-state index contributed by atoms with van der Waals surface area (Å²) in [5.41, 5.74) is 0.119. The number of terminal acetylenes is 1. The van der Waals surface area contributed by atoms with Crippen molar-refractivity contribution in [3.8, 4) is 12.3 Å². The summed E-state index contributed by atoms with van der Waals surface area (Å²) in [5.74, 6) is 2.82. The minimum absolute atomic E-state index is 0.119. The fourth-order valence-electron chi connectivity index (χ4n) is 1.07. The number of rotatable bonds is 5. The van der Waals surface area contributed by atoms with Gasteiger partial charge in [-0.3, -0.25) is 0 Å². The molecule has 0 heterocycles. The molecule has 0 heteroatoms. The lowest BCUT2D eigenvalue weighted by Gasteiger charge is -2.16. The number of hydrogen-bond donors (Lipinski definition) is 0. The van der Waals surface area contributed by atoms with Crippen molar-refractivity contribution in [3.63, 3.8) is 0 Å². The Bertz CT molecular complexity index is 125. The van der Waals surface area contributed by atoms with Crippen LogP contribution in [0.15, 0.2) is 0 Å². The molecule has 0 aromatic carbocycles. The van der Waals surface area contributed by atoms with Crippen LogP contribution in [0.5, 0.6) is 0 Å². The topological polar surface area (TPSA) is 0 Å². The molecule has 64 valence electrons. The van der Waals surface area contributed by atoms with Crippen molar-refractivity contribution in [2.75, 3.05) is 0 Å². The van der Waals surface area contributed by atoms with Gasteiger partial charge in [-0.25, -0.2) is 0 Å². The molecule has 0 amide bonds. The van der Waals surface area contributed by atoms with Gasteiger partial charge in [0.05, 0.1) is 0 Å². The number of unbranched alkanes of at least 4 members (excludes halogenated alkanes) is 3. The summed E-state index contributed by atoms with van der Waals surface area (Å²) in [4.78, 5) is 0. The fourth-order valence-corrected chi connectivity index (χ4v) is 1.07. The predicted octanol–water partition coefficient (Wildman–Crippen LogP) is 3.62. The second-order valence-corrected chi connectivity index (χ2v) is 3.84. The molecule has 0 saturated carbocycles. The van der Waals surface area contributed by atoms with E-state index in [1.54, 1.807) is 0 Å². The van der Waals surface area contributed by atoms with Crippen molar-refractivity contribution >= 4 is 0 Å². The first-order valence-corrected chi connectivity index (χ1v) is 4.60. The van der Waals surface area contributed by atoms with Gasteiger partial charge in [-0.05, 0) is 20.3 Å². The van der Waals surface area contributed by atoms with E-state index >= 15 is 0 Å². The molecule has 0 aromatic heterocycles. The van der Waals surface area contributed by atoms with Crippen molar-refractivity contribution in [3.05, 3.63) is 0 Å². The normalized spacial score (nSPS) is 11.1. The second-order valence-electron chi connectivity index (χ2n) is 3.84. The molecule has 0 aliphatic rings. The summed E-state index contributed by atoms with van der Waals surface area (Å²) in [7, 11) is 0. The smallest absolute Gasteiger partial charge is 0.0255 e. The van der Waals surface area contributed by atoms with Crippen LogP contribution in [0.4, 0.5) is 0 Å². The monoisotopic (exact) mass is 152 g/mol. The molecule has 0 fully saturated rings. The van der Waals surface area contributed by atoms with Crippen LogP contribution < -0.4 is 0 Å². The summed E-state index contributed by atoms with van der Waals surface area (Å²) < 4.78 is 0. The lowest BCUT2D eigenvalue weighted by molar-refractivity contribution is 0.427. The third-order valence-corrected chi connectivity index (χ3v) is 2.05. The molecular formula is C11H20. The molecule has 0 spiro atoms. The SMILES string of the molecule is C#CC(C)(C)CCCCCC. The Morgan fingerprint density at radius 1 is 1.18 bits per heavy atom. The van der Waals surface area contributed by atoms with Crippen molar-refractivity contribution in [2.24, 2.45) is 5.41 Å². The van der Waals surface area contributed by atoms with E-state index in [9.17, 15) is 0 Å². The molecule has 11 heavy (non-hydrogen) atoms. The van der Waals surface area contributed by atoms with Gasteiger partial charge in [-0.2, -0.15) is 0 Å². The number of hydrogen-bond acceptors (Lipinski definition) is 0. The zero-order valence-electron chi connectivity index (χ0n) is 8.11. The van der Waals surface area contributed by atoms with Crippen LogP contribution in [0, 0.1) is 17.8 Å². The maximum absolute atomic E-state index is 5.37. The third kappa shape index (κ3) is 5.98. The molecule has 0 atom stereocenters. The van der Waals surface area contributed by atoms with E-state index in [0.29, 0.717) is 0 Å². The van der Waals surface area contributed by atoms with Gasteiger partial charge >= 0.3 is 0 Å². The Morgan fingerprint density at radius 3 is 2.27 bits per heavy atom. The van der Waals surface area contributed by atoms with Crippen molar-refractivity contribution < 1.29 is 0 Å². The minimum atomic E-state index is 0.119. The van der Waals surface area contributed by atoms with Gasteiger partial charge in [-0.15, -0.1) is 12.3 Å². The van der Waals surface area contributed by atoms with Crippen LogP contribution in [-0.2, 0) is 0 Å². The molecule has 0 aromatic rings. The van der Waals surface area contributed by atoms with E-state index in [1.807, 2.05) is 0 Å². The molecule has 0 rings (SSSR count). The minimum Gasteiger partial charge on any atom is -0.120 e. The summed E-state index contributed by atoms with van der Waals surface area (Å²) in [6, 6.07) is 0. The van der Waals surface area contributed by atoms with Crippen molar-refractivity contribution in [2.45, 2.75) is 52.9 Å². The van der Waals surface area contributed by atoms with Crippen LogP contribution in [0.3, 0.4) is 0 Å². The molecule has 0 aliphatic carbocycles. The molecule has 0 radical (unpaired) electrons. The first kappa shape index (κ1) is 10.6. The highest BCUT2D eigenvalue weighted by molar-refractivity contribution is 4.99. The summed E-state index contributed by atoms with van der Waals surface area (Å²) >= 11 is 0. The van der Waals surface area contributed by atoms with Crippen molar-refractivity contribution in [1.82, 2.24) is 0 Å². The lowest BCUT2D eigenvalue weighted by atomic mass is 9.88. The van der Waals surface area contributed by atoms with E-state index in [0.717, 1.165) is 0 Å². The van der Waals surface area contributed by atoms with E-state index in [2.05, 4.69) is 26.7 Å². The average molecular weight is 152 g/mol. The first-order valence-electron chi connectivity index (χ1n) is 4.60. The molecule has 0 unspecified atom stereocenters. The fraction of sp³-hybridized carbons (Fsp3) is 0.818. The van der Waals surface area contributed by atoms with Gasteiger partial charge < -0.3 is 0 Å². The molecule has 0 nitrogen and oxygen atoms in total. The lowest BCUT2D eigenvalue weighted by Crippen LogP contribution is -2.06. The maximum Gasteiger partial charge on any atom is 0.0255 e. The first-order chi connectivity index (χ1) is 5.12. The standard InChI is InChI=1S/C11H20/c1-5-7-8-9-10-11(3,4)6-2/h2H,5,7-10H2,1,3-4H3. The zero-order valence-corrected chi connectivity index (χ0v) is 8.11. The Morgan fingerprint density at radius 2 is 1.82 bits per heavy atom. The maximum atomic E-state index is 5.37. The highest BCUT2D eigenvalue weighted by Crippen LogP contribution is 2.22. The van der Waals surface area contributed by atoms with Crippen LogP contribution >= 0.6 is 0 Å². The Labute approximate surface area is 71.4 Å². The van der Waals surface area contributed by atoms with Gasteiger partial charge in [0.15, 0.2) is 0 Å². The summed E-state index contributed by atoms with van der Waals surface area (Å²) in [5, 5.41) is 0. The van der Waals surface area contributed by atoms with Gasteiger partial charge in [0.1, 0.15) is 0 Å². The van der Waals surface area contributed by atoms with E-state index in [4.69, 9.17) is 6.42 Å². The Kier molecular flexibility index (Phi) is 5.03. The summed E-state index contributed by atoms with van der Waals surface area (Å²) in [6.07, 6.45) is 11.8. The third-order valence-electron chi connectivity index (χ3n) is 2.05. The summed E-state index contributed by atoms with van der Waals surface area (Å²) in [6.45, 7) is 6.50. The quantitative estimate of drug-likeness (QED) is 0.417. The molecule has 0 aliphatic heterocycles. The highest BCUT2D eigenvalue weighted by Gasteiger charge is 2.11. The molecule has 0 N–H and O–H groups in total. The van der Waals surface area contributed by atoms with E-state index < -0.39 is 0 Å². The Balaban J connectivity index is 3.32. The van der Waals surface area contributed by atoms with Gasteiger partial charge in [-0.1, -0.05) is 32.6 Å². The van der Waals surface area contributed by atoms with E-state index in [-0.39, 0.29) is 5.41 Å². The van der Waals surface area contributed by atoms with Gasteiger partial charge in [0.2, 0.25) is 0 Å². The Hall–Kier alpha value is -0.440. The highest BCUT2D eigenvalue weighted by atomic mass is 14.1. The van der Waals surface area contributed by atoms with Gasteiger partial charge in [0.25, 0.3) is 0 Å². The zero-order chi connectivity index (χ0) is 8.74. The molecule has 0 bridgehead atoms. The largest absolute Gasteiger partial charge is 0.120 e. The predicted molar refractivity (Wildman–Crippen MR) is 51.4 cm³/mol. The second kappa shape index (κ2) is 5.24. The van der Waals surface area contributed by atoms with Crippen molar-refractivity contribution in [1.29, 1.82) is 0 Å². The van der Waals surface area contributed by atoms with Crippen LogP contribution in [0.25, 0.3) is 0 Å². The molecule has 0 saturated heterocycles. The van der Waals surface area contributed by atoms with Crippen LogP contribution in [-0.4, -0.2) is 0 Å².